The molecule has 1 aromatic rings. The molecule has 4 rings (SSSR count). The summed E-state index contributed by atoms with van der Waals surface area (Å²) < 4.78 is 6.38. The molecular formula is C22H29BN2O2. The van der Waals surface area contributed by atoms with Gasteiger partial charge in [-0.25, -0.2) is 0 Å². The highest BCUT2D eigenvalue weighted by molar-refractivity contribution is 6.68. The number of carbonyl (C=O) groups excluding carboxylic acids is 1. The Bertz CT molecular complexity index is 827. The molecule has 0 spiro atoms. The standard InChI is InChI=1S/C22H29BN2O2/c1-14-7-10-19(15(2)24-14)25-12-16-11-17(8-9-18(16)20(25)26)23-13-21(3,4)22(5,6)27-23/h8-9,11,19,24H,1-2,7,10,12-13H2,3-6H3. The first-order valence-electron chi connectivity index (χ1n) is 9.84. The van der Waals surface area contributed by atoms with Gasteiger partial charge in [0.2, 0.25) is 0 Å². The van der Waals surface area contributed by atoms with Crippen molar-refractivity contribution in [2.75, 3.05) is 0 Å². The average Bonchev–Trinajstić information content (AvgIpc) is 3.00. The van der Waals surface area contributed by atoms with Gasteiger partial charge in [0.15, 0.2) is 0 Å². The summed E-state index contributed by atoms with van der Waals surface area (Å²) in [7, 11) is 0. The van der Waals surface area contributed by atoms with Crippen LogP contribution in [0.3, 0.4) is 0 Å². The molecule has 0 saturated carbocycles. The van der Waals surface area contributed by atoms with Crippen LogP contribution in [0.4, 0.5) is 0 Å². The normalized spacial score (nSPS) is 26.4. The van der Waals surface area contributed by atoms with E-state index in [0.29, 0.717) is 6.54 Å². The van der Waals surface area contributed by atoms with Gasteiger partial charge in [-0.05, 0) is 55.5 Å². The second-order valence-electron chi connectivity index (χ2n) is 9.36. The number of nitrogens with one attached hydrogen (secondary N) is 1. The SMILES string of the molecule is C=C1CCC(N2Cc3cc(B4CC(C)(C)C(C)(C)O4)ccc3C2=O)C(=C)N1. The lowest BCUT2D eigenvalue weighted by molar-refractivity contribution is 0.0375. The van der Waals surface area contributed by atoms with E-state index in [2.05, 4.69) is 58.3 Å². The molecular weight excluding hydrogens is 335 g/mol. The van der Waals surface area contributed by atoms with Crippen LogP contribution in [0.15, 0.2) is 42.8 Å². The zero-order valence-electron chi connectivity index (χ0n) is 16.9. The summed E-state index contributed by atoms with van der Waals surface area (Å²) in [5.41, 5.74) is 4.89. The van der Waals surface area contributed by atoms with Crippen LogP contribution in [0.5, 0.6) is 0 Å². The van der Waals surface area contributed by atoms with Crippen LogP contribution < -0.4 is 10.8 Å². The highest BCUT2D eigenvalue weighted by Gasteiger charge is 2.50. The third-order valence-electron chi connectivity index (χ3n) is 6.93. The molecule has 2 fully saturated rings. The highest BCUT2D eigenvalue weighted by Crippen LogP contribution is 2.45. The van der Waals surface area contributed by atoms with E-state index in [-0.39, 0.29) is 29.9 Å². The molecule has 1 unspecified atom stereocenters. The Morgan fingerprint density at radius 3 is 2.63 bits per heavy atom. The Hall–Kier alpha value is -2.01. The zero-order valence-corrected chi connectivity index (χ0v) is 16.9. The molecule has 0 aromatic heterocycles. The van der Waals surface area contributed by atoms with Crippen LogP contribution >= 0.6 is 0 Å². The molecule has 5 heteroatoms. The van der Waals surface area contributed by atoms with Crippen molar-refractivity contribution in [3.8, 4) is 0 Å². The lowest BCUT2D eigenvalue weighted by Gasteiger charge is -2.34. The highest BCUT2D eigenvalue weighted by atomic mass is 16.5. The molecule has 142 valence electrons. The van der Waals surface area contributed by atoms with Crippen LogP contribution in [0.1, 0.15) is 56.5 Å². The molecule has 1 atom stereocenters. The number of fused-ring (bicyclic) bond motifs is 1. The van der Waals surface area contributed by atoms with Crippen molar-refractivity contribution in [3.63, 3.8) is 0 Å². The number of allylic oxidation sites excluding steroid dienone is 1. The summed E-state index contributed by atoms with van der Waals surface area (Å²) in [5, 5.41) is 3.22. The van der Waals surface area contributed by atoms with Crippen LogP contribution in [-0.4, -0.2) is 29.4 Å². The number of benzene rings is 1. The molecule has 3 aliphatic heterocycles. The Kier molecular flexibility index (Phi) is 4.08. The van der Waals surface area contributed by atoms with Gasteiger partial charge in [0.05, 0.1) is 11.6 Å². The van der Waals surface area contributed by atoms with Crippen molar-refractivity contribution in [2.45, 2.75) is 65.0 Å². The lowest BCUT2D eigenvalue weighted by Crippen LogP contribution is -2.43. The Balaban J connectivity index is 1.57. The number of hydrogen-bond donors (Lipinski definition) is 1. The van der Waals surface area contributed by atoms with Crippen LogP contribution in [0.25, 0.3) is 0 Å². The number of rotatable bonds is 2. The van der Waals surface area contributed by atoms with Crippen molar-refractivity contribution in [3.05, 3.63) is 53.9 Å². The van der Waals surface area contributed by atoms with E-state index >= 15 is 0 Å². The largest absolute Gasteiger partial charge is 0.426 e. The maximum Gasteiger partial charge on any atom is 0.327 e. The number of hydrogen-bond acceptors (Lipinski definition) is 3. The van der Waals surface area contributed by atoms with Gasteiger partial charge in [-0.15, -0.1) is 0 Å². The first-order valence-corrected chi connectivity index (χ1v) is 9.84. The Morgan fingerprint density at radius 2 is 2.00 bits per heavy atom. The zero-order chi connectivity index (χ0) is 19.6. The van der Waals surface area contributed by atoms with Gasteiger partial charge in [-0.1, -0.05) is 39.1 Å². The second-order valence-corrected chi connectivity index (χ2v) is 9.36. The van der Waals surface area contributed by atoms with Crippen molar-refractivity contribution in [2.24, 2.45) is 5.41 Å². The quantitative estimate of drug-likeness (QED) is 0.818. The van der Waals surface area contributed by atoms with Gasteiger partial charge < -0.3 is 14.9 Å². The minimum Gasteiger partial charge on any atom is -0.426 e. The van der Waals surface area contributed by atoms with E-state index in [4.69, 9.17) is 4.65 Å². The molecule has 1 aromatic carbocycles. The minimum absolute atomic E-state index is 0.0273. The fourth-order valence-corrected chi connectivity index (χ4v) is 4.47. The maximum absolute atomic E-state index is 13.0. The van der Waals surface area contributed by atoms with Gasteiger partial charge in [0.25, 0.3) is 5.91 Å². The predicted octanol–water partition coefficient (Wildman–Crippen LogP) is 3.46. The molecule has 27 heavy (non-hydrogen) atoms. The topological polar surface area (TPSA) is 41.6 Å². The first-order chi connectivity index (χ1) is 12.6. The molecule has 0 aliphatic carbocycles. The first kappa shape index (κ1) is 18.4. The monoisotopic (exact) mass is 364 g/mol. The number of piperidine rings is 1. The van der Waals surface area contributed by atoms with Crippen LogP contribution in [0.2, 0.25) is 6.32 Å². The lowest BCUT2D eigenvalue weighted by atomic mass is 9.54. The minimum atomic E-state index is -0.160. The Labute approximate surface area is 162 Å². The predicted molar refractivity (Wildman–Crippen MR) is 110 cm³/mol. The molecule has 3 heterocycles. The number of carbonyl (C=O) groups is 1. The van der Waals surface area contributed by atoms with E-state index in [1.165, 1.54) is 5.46 Å². The van der Waals surface area contributed by atoms with Crippen molar-refractivity contribution >= 4 is 18.3 Å². The van der Waals surface area contributed by atoms with Gasteiger partial charge in [-0.2, -0.15) is 0 Å². The summed E-state index contributed by atoms with van der Waals surface area (Å²) >= 11 is 0. The van der Waals surface area contributed by atoms with Crippen molar-refractivity contribution in [1.82, 2.24) is 10.2 Å². The van der Waals surface area contributed by atoms with E-state index in [9.17, 15) is 4.79 Å². The summed E-state index contributed by atoms with van der Waals surface area (Å²) in [4.78, 5) is 14.9. The maximum atomic E-state index is 13.0. The van der Waals surface area contributed by atoms with E-state index < -0.39 is 0 Å². The summed E-state index contributed by atoms with van der Waals surface area (Å²) in [6.07, 6.45) is 2.74. The molecule has 4 nitrogen and oxygen atoms in total. The summed E-state index contributed by atoms with van der Waals surface area (Å²) in [6.45, 7) is 17.7. The van der Waals surface area contributed by atoms with Crippen molar-refractivity contribution in [1.29, 1.82) is 0 Å². The van der Waals surface area contributed by atoms with E-state index in [1.807, 2.05) is 11.0 Å². The number of nitrogens with zero attached hydrogens (tertiary/aromatic N) is 1. The third kappa shape index (κ3) is 2.93. The van der Waals surface area contributed by atoms with Gasteiger partial charge in [0.1, 0.15) is 0 Å². The van der Waals surface area contributed by atoms with E-state index in [1.54, 1.807) is 0 Å². The van der Waals surface area contributed by atoms with E-state index in [0.717, 1.165) is 41.7 Å². The summed E-state index contributed by atoms with van der Waals surface area (Å²) in [6, 6.07) is 6.25. The molecule has 1 N–H and O–H groups in total. The second kappa shape index (κ2) is 6.00. The molecule has 3 aliphatic rings. The fourth-order valence-electron chi connectivity index (χ4n) is 4.47. The molecule has 0 bridgehead atoms. The fraction of sp³-hybridized carbons (Fsp3) is 0.500. The van der Waals surface area contributed by atoms with Crippen LogP contribution in [0, 0.1) is 5.41 Å². The molecule has 0 radical (unpaired) electrons. The van der Waals surface area contributed by atoms with Crippen LogP contribution in [-0.2, 0) is 11.2 Å². The smallest absolute Gasteiger partial charge is 0.327 e. The molecule has 2 saturated heterocycles. The summed E-state index contributed by atoms with van der Waals surface area (Å²) in [5.74, 6) is 0.102. The molecule has 1 amide bonds. The van der Waals surface area contributed by atoms with Gasteiger partial charge >= 0.3 is 6.92 Å². The van der Waals surface area contributed by atoms with Gasteiger partial charge in [-0.3, -0.25) is 4.79 Å². The number of amides is 1. The van der Waals surface area contributed by atoms with Crippen molar-refractivity contribution < 1.29 is 9.45 Å². The van der Waals surface area contributed by atoms with Gasteiger partial charge in [0, 0.05) is 23.5 Å². The Morgan fingerprint density at radius 1 is 1.26 bits per heavy atom. The third-order valence-corrected chi connectivity index (χ3v) is 6.93. The average molecular weight is 364 g/mol.